The smallest absolute Gasteiger partial charge is 0.176 e. The minimum atomic E-state index is -0.509. The maximum absolute atomic E-state index is 11.2. The Balaban J connectivity index is 1.31. The quantitative estimate of drug-likeness (QED) is 0.720. The second-order valence-corrected chi connectivity index (χ2v) is 7.96. The van der Waals surface area contributed by atoms with Crippen LogP contribution in [0.2, 0.25) is 0 Å². The van der Waals surface area contributed by atoms with Crippen LogP contribution >= 0.6 is 0 Å². The van der Waals surface area contributed by atoms with Gasteiger partial charge >= 0.3 is 0 Å². The molecule has 0 unspecified atom stereocenters. The van der Waals surface area contributed by atoms with E-state index in [1.807, 2.05) is 12.3 Å². The number of fused-ring (bicyclic) bond motifs is 3. The van der Waals surface area contributed by atoms with E-state index in [-0.39, 0.29) is 24.5 Å². The fraction of sp³-hybridized carbons (Fsp3) is 0.600. The van der Waals surface area contributed by atoms with Crippen molar-refractivity contribution in [1.29, 1.82) is 0 Å². The third-order valence-electron chi connectivity index (χ3n) is 6.29. The molecule has 2 bridgehead atoms. The van der Waals surface area contributed by atoms with Gasteiger partial charge in [0.05, 0.1) is 24.8 Å². The van der Waals surface area contributed by atoms with Gasteiger partial charge in [0.1, 0.15) is 6.10 Å². The van der Waals surface area contributed by atoms with Crippen LogP contribution in [0.25, 0.3) is 10.9 Å². The maximum Gasteiger partial charge on any atom is 0.176 e. The average Bonchev–Trinajstić information content (AvgIpc) is 3.29. The van der Waals surface area contributed by atoms with E-state index in [2.05, 4.69) is 45.3 Å². The molecule has 0 aliphatic carbocycles. The molecule has 146 valence electrons. The number of nitrogens with zero attached hydrogens (tertiary/aromatic N) is 2. The zero-order chi connectivity index (χ0) is 18.4. The number of H-pyrrole nitrogens is 1. The Hall–Kier alpha value is -1.48. The lowest BCUT2D eigenvalue weighted by molar-refractivity contribution is -0.186. The molecule has 1 aromatic carbocycles. The van der Waals surface area contributed by atoms with Crippen LogP contribution in [-0.4, -0.2) is 90.3 Å². The third-order valence-corrected chi connectivity index (χ3v) is 6.29. The highest BCUT2D eigenvalue weighted by atomic mass is 16.7. The molecule has 3 fully saturated rings. The fourth-order valence-electron chi connectivity index (χ4n) is 4.67. The third kappa shape index (κ3) is 3.18. The number of para-hydroxylation sites is 1. The van der Waals surface area contributed by atoms with E-state index in [4.69, 9.17) is 9.47 Å². The number of hydrogen-bond donors (Lipinski definition) is 3. The van der Waals surface area contributed by atoms with Gasteiger partial charge in [-0.1, -0.05) is 18.2 Å². The van der Waals surface area contributed by atoms with E-state index in [0.29, 0.717) is 13.2 Å². The summed E-state index contributed by atoms with van der Waals surface area (Å²) in [6.45, 7) is 5.10. The van der Waals surface area contributed by atoms with Crippen LogP contribution in [0.1, 0.15) is 5.56 Å². The van der Waals surface area contributed by atoms with Gasteiger partial charge < -0.3 is 29.8 Å². The first-order chi connectivity index (χ1) is 13.2. The number of aromatic amines is 1. The van der Waals surface area contributed by atoms with Gasteiger partial charge in [-0.2, -0.15) is 0 Å². The van der Waals surface area contributed by atoms with Crippen molar-refractivity contribution in [3.63, 3.8) is 0 Å². The number of hydrogen-bond acceptors (Lipinski definition) is 6. The van der Waals surface area contributed by atoms with Crippen molar-refractivity contribution in [2.45, 2.75) is 37.1 Å². The Morgan fingerprint density at radius 3 is 2.89 bits per heavy atom. The number of likely N-dealkylation sites (N-methyl/N-ethyl adjacent to an activating group) is 1. The average molecular weight is 372 g/mol. The van der Waals surface area contributed by atoms with Crippen LogP contribution in [0.5, 0.6) is 0 Å². The number of nitrogens with one attached hydrogen (secondary N) is 2. The van der Waals surface area contributed by atoms with Crippen LogP contribution in [0.15, 0.2) is 30.5 Å². The van der Waals surface area contributed by atoms with Crippen molar-refractivity contribution in [1.82, 2.24) is 20.1 Å². The van der Waals surface area contributed by atoms with Gasteiger partial charge in [-0.25, -0.2) is 0 Å². The lowest BCUT2D eigenvalue weighted by Crippen LogP contribution is -2.66. The summed E-state index contributed by atoms with van der Waals surface area (Å²) in [6, 6.07) is 8.04. The molecule has 3 aliphatic rings. The SMILES string of the molecule is CN1CCN([C@H]2[C@@H]3OC[C@@H](O3)[C@@H](NCc3c[nH]c4ccccc34)[C@@H]2O)CC1. The summed E-state index contributed by atoms with van der Waals surface area (Å²) >= 11 is 0. The summed E-state index contributed by atoms with van der Waals surface area (Å²) < 4.78 is 12.0. The van der Waals surface area contributed by atoms with Crippen LogP contribution in [0.3, 0.4) is 0 Å². The molecule has 4 heterocycles. The van der Waals surface area contributed by atoms with Gasteiger partial charge in [-0.15, -0.1) is 0 Å². The molecule has 7 heteroatoms. The first-order valence-corrected chi connectivity index (χ1v) is 9.87. The van der Waals surface area contributed by atoms with Crippen LogP contribution in [0.4, 0.5) is 0 Å². The predicted octanol–water partition coefficient (Wildman–Crippen LogP) is 0.358. The molecule has 7 nitrogen and oxygen atoms in total. The second kappa shape index (κ2) is 7.16. The van der Waals surface area contributed by atoms with E-state index < -0.39 is 6.10 Å². The molecule has 3 saturated heterocycles. The molecule has 0 saturated carbocycles. The number of piperazine rings is 1. The molecule has 5 rings (SSSR count). The molecular formula is C20H28N4O3. The summed E-state index contributed by atoms with van der Waals surface area (Å²) in [7, 11) is 2.14. The van der Waals surface area contributed by atoms with Gasteiger partial charge in [0, 0.05) is 49.8 Å². The van der Waals surface area contributed by atoms with Crippen molar-refractivity contribution in [2.24, 2.45) is 0 Å². The van der Waals surface area contributed by atoms with E-state index >= 15 is 0 Å². The van der Waals surface area contributed by atoms with Crippen molar-refractivity contribution in [3.8, 4) is 0 Å². The Morgan fingerprint density at radius 1 is 1.22 bits per heavy atom. The number of aromatic nitrogens is 1. The first-order valence-electron chi connectivity index (χ1n) is 9.87. The number of rotatable bonds is 4. The van der Waals surface area contributed by atoms with Crippen LogP contribution in [0, 0.1) is 0 Å². The predicted molar refractivity (Wildman–Crippen MR) is 102 cm³/mol. The van der Waals surface area contributed by atoms with Crippen molar-refractivity contribution in [2.75, 3.05) is 39.8 Å². The Bertz CT molecular complexity index is 788. The minimum absolute atomic E-state index is 0.0982. The summed E-state index contributed by atoms with van der Waals surface area (Å²) in [5, 5.41) is 16.0. The molecular weight excluding hydrogens is 344 g/mol. The number of benzene rings is 1. The van der Waals surface area contributed by atoms with Gasteiger partial charge in [-0.3, -0.25) is 4.90 Å². The largest absolute Gasteiger partial charge is 0.390 e. The molecule has 3 aliphatic heterocycles. The molecule has 3 N–H and O–H groups in total. The topological polar surface area (TPSA) is 73.0 Å². The highest BCUT2D eigenvalue weighted by molar-refractivity contribution is 5.82. The monoisotopic (exact) mass is 372 g/mol. The summed E-state index contributed by atoms with van der Waals surface area (Å²) in [5.74, 6) is 0. The van der Waals surface area contributed by atoms with E-state index in [0.717, 1.165) is 31.7 Å². The summed E-state index contributed by atoms with van der Waals surface area (Å²) in [5.41, 5.74) is 2.34. The molecule has 1 aromatic heterocycles. The summed E-state index contributed by atoms with van der Waals surface area (Å²) in [4.78, 5) is 7.96. The zero-order valence-electron chi connectivity index (χ0n) is 15.7. The molecule has 5 atom stereocenters. The molecule has 0 radical (unpaired) electrons. The van der Waals surface area contributed by atoms with Crippen molar-refractivity contribution >= 4 is 10.9 Å². The highest BCUT2D eigenvalue weighted by Gasteiger charge is 2.52. The molecule has 0 spiro atoms. The van der Waals surface area contributed by atoms with Gasteiger partial charge in [-0.05, 0) is 18.7 Å². The first kappa shape index (κ1) is 17.6. The van der Waals surface area contributed by atoms with Gasteiger partial charge in [0.25, 0.3) is 0 Å². The van der Waals surface area contributed by atoms with E-state index in [1.165, 1.54) is 10.9 Å². The number of aliphatic hydroxyl groups excluding tert-OH is 1. The van der Waals surface area contributed by atoms with Gasteiger partial charge in [0.15, 0.2) is 6.29 Å². The lowest BCUT2D eigenvalue weighted by Gasteiger charge is -2.46. The van der Waals surface area contributed by atoms with Crippen LogP contribution < -0.4 is 5.32 Å². The zero-order valence-corrected chi connectivity index (χ0v) is 15.7. The minimum Gasteiger partial charge on any atom is -0.390 e. The maximum atomic E-state index is 11.2. The molecule has 2 aromatic rings. The molecule has 27 heavy (non-hydrogen) atoms. The fourth-order valence-corrected chi connectivity index (χ4v) is 4.67. The van der Waals surface area contributed by atoms with Crippen molar-refractivity contribution < 1.29 is 14.6 Å². The number of aliphatic hydroxyl groups is 1. The Morgan fingerprint density at radius 2 is 2.04 bits per heavy atom. The number of ether oxygens (including phenoxy) is 2. The Labute approximate surface area is 159 Å². The summed E-state index contributed by atoms with van der Waals surface area (Å²) in [6.07, 6.45) is 1.11. The van der Waals surface area contributed by atoms with Crippen molar-refractivity contribution in [3.05, 3.63) is 36.0 Å². The lowest BCUT2D eigenvalue weighted by atomic mass is 9.94. The second-order valence-electron chi connectivity index (χ2n) is 7.96. The van der Waals surface area contributed by atoms with E-state index in [1.54, 1.807) is 0 Å². The highest BCUT2D eigenvalue weighted by Crippen LogP contribution is 2.32. The van der Waals surface area contributed by atoms with E-state index in [9.17, 15) is 5.11 Å². The standard InChI is InChI=1S/C20H28N4O3/c1-23-6-8-24(9-7-23)18-19(25)17(16-12-26-20(18)27-16)22-11-13-10-21-15-5-3-2-4-14(13)15/h2-5,10,16-22,25H,6-9,11-12H2,1H3/t16-,17-,18-,19+,20-/m1/s1. The normalized spacial score (nSPS) is 35.1. The Kier molecular flexibility index (Phi) is 4.67. The van der Waals surface area contributed by atoms with Gasteiger partial charge in [0.2, 0.25) is 0 Å². The molecule has 0 amide bonds. The van der Waals surface area contributed by atoms with Crippen LogP contribution in [-0.2, 0) is 16.0 Å².